The van der Waals surface area contributed by atoms with E-state index in [2.05, 4.69) is 125 Å². The van der Waals surface area contributed by atoms with E-state index in [1.807, 2.05) is 54.6 Å². The number of hydrogen-bond donors (Lipinski definition) is 0. The van der Waals surface area contributed by atoms with Gasteiger partial charge in [0.25, 0.3) is 0 Å². The molecule has 6 aromatic carbocycles. The first kappa shape index (κ1) is 30.8. The molecule has 10 rings (SSSR count). The first-order valence-corrected chi connectivity index (χ1v) is 18.1. The van der Waals surface area contributed by atoms with Crippen LogP contribution in [0.2, 0.25) is 0 Å². The Morgan fingerprint density at radius 1 is 0.377 bits per heavy atom. The molecule has 0 aliphatic carbocycles. The fourth-order valence-corrected chi connectivity index (χ4v) is 7.75. The van der Waals surface area contributed by atoms with E-state index < -0.39 is 0 Å². The summed E-state index contributed by atoms with van der Waals surface area (Å²) < 4.78 is 0.980. The summed E-state index contributed by atoms with van der Waals surface area (Å²) in [5.41, 5.74) is 10.8. The predicted octanol–water partition coefficient (Wildman–Crippen LogP) is 11.0. The highest BCUT2D eigenvalue weighted by molar-refractivity contribution is 7.25. The van der Waals surface area contributed by atoms with E-state index in [-0.39, 0.29) is 0 Å². The molecule has 0 bridgehead atoms. The largest absolute Gasteiger partial charge is 0.237 e. The van der Waals surface area contributed by atoms with E-state index in [1.54, 1.807) is 11.3 Å². The number of pyridine rings is 1. The number of rotatable bonds is 6. The Balaban J connectivity index is 0.965. The molecule has 248 valence electrons. The zero-order valence-corrected chi connectivity index (χ0v) is 28.9. The molecule has 0 saturated heterocycles. The van der Waals surface area contributed by atoms with Gasteiger partial charge in [0.05, 0.1) is 10.2 Å². The molecular formula is C45H27N7S. The second-order valence-electron chi connectivity index (χ2n) is 12.7. The minimum absolute atomic E-state index is 0.619. The summed E-state index contributed by atoms with van der Waals surface area (Å²) >= 11 is 1.60. The van der Waals surface area contributed by atoms with Gasteiger partial charge in [0.15, 0.2) is 17.5 Å². The topological polar surface area (TPSA) is 90.2 Å². The van der Waals surface area contributed by atoms with Crippen LogP contribution in [0.15, 0.2) is 164 Å². The first-order valence-electron chi connectivity index (χ1n) is 17.2. The van der Waals surface area contributed by atoms with Crippen LogP contribution in [0, 0.1) is 0 Å². The third-order valence-corrected chi connectivity index (χ3v) is 10.5. The van der Waals surface area contributed by atoms with Crippen LogP contribution in [0.3, 0.4) is 0 Å². The monoisotopic (exact) mass is 697 g/mol. The summed E-state index contributed by atoms with van der Waals surface area (Å²) in [6.07, 6.45) is 0. The number of aromatic nitrogens is 7. The van der Waals surface area contributed by atoms with Crippen LogP contribution in [0.25, 0.3) is 99.0 Å². The van der Waals surface area contributed by atoms with Gasteiger partial charge in [0.2, 0.25) is 0 Å². The molecule has 53 heavy (non-hydrogen) atoms. The van der Waals surface area contributed by atoms with Gasteiger partial charge in [-0.1, -0.05) is 152 Å². The molecule has 10 aromatic rings. The fraction of sp³-hybridized carbons (Fsp3) is 0. The van der Waals surface area contributed by atoms with Crippen molar-refractivity contribution in [3.63, 3.8) is 0 Å². The lowest BCUT2D eigenvalue weighted by atomic mass is 10.0. The highest BCUT2D eigenvalue weighted by Gasteiger charge is 2.17. The molecule has 0 spiro atoms. The zero-order chi connectivity index (χ0) is 35.1. The molecule has 4 aromatic heterocycles. The molecule has 0 aliphatic heterocycles. The molecule has 0 radical (unpaired) electrons. The van der Waals surface area contributed by atoms with Gasteiger partial charge in [-0.2, -0.15) is 0 Å². The maximum Gasteiger partial charge on any atom is 0.164 e. The van der Waals surface area contributed by atoms with E-state index in [0.29, 0.717) is 17.5 Å². The van der Waals surface area contributed by atoms with Gasteiger partial charge in [-0.3, -0.25) is 0 Å². The number of fused-ring (bicyclic) bond motifs is 4. The molecule has 0 saturated carbocycles. The summed E-state index contributed by atoms with van der Waals surface area (Å²) in [6.45, 7) is 0. The molecule has 0 fully saturated rings. The van der Waals surface area contributed by atoms with Crippen LogP contribution in [-0.4, -0.2) is 35.3 Å². The lowest BCUT2D eigenvalue weighted by Gasteiger charge is -2.10. The van der Waals surface area contributed by atoms with Crippen LogP contribution < -0.4 is 0 Å². The van der Waals surface area contributed by atoms with E-state index in [4.69, 9.17) is 19.9 Å². The number of hydrogen-bond acceptors (Lipinski definition) is 8. The van der Waals surface area contributed by atoms with Crippen LogP contribution in [0.4, 0.5) is 0 Å². The Hall–Kier alpha value is -7.03. The van der Waals surface area contributed by atoms with Crippen molar-refractivity contribution in [2.45, 2.75) is 0 Å². The summed E-state index contributed by atoms with van der Waals surface area (Å²) in [6, 6.07) is 55.8. The van der Waals surface area contributed by atoms with Gasteiger partial charge < -0.3 is 0 Å². The maximum atomic E-state index is 4.96. The average Bonchev–Trinajstić information content (AvgIpc) is 3.61. The van der Waals surface area contributed by atoms with Crippen molar-refractivity contribution in [2.75, 3.05) is 0 Å². The molecule has 0 atom stereocenters. The van der Waals surface area contributed by atoms with Gasteiger partial charge in [-0.25, -0.2) is 19.9 Å². The third-order valence-electron chi connectivity index (χ3n) is 9.41. The molecule has 0 aliphatic rings. The minimum Gasteiger partial charge on any atom is -0.237 e. The van der Waals surface area contributed by atoms with E-state index >= 15 is 0 Å². The van der Waals surface area contributed by atoms with E-state index in [9.17, 15) is 0 Å². The van der Waals surface area contributed by atoms with Crippen molar-refractivity contribution in [2.24, 2.45) is 0 Å². The number of thiophene rings is 1. The quantitative estimate of drug-likeness (QED) is 0.171. The molecule has 7 nitrogen and oxygen atoms in total. The summed E-state index contributed by atoms with van der Waals surface area (Å²) in [5.74, 6) is 1.88. The van der Waals surface area contributed by atoms with E-state index in [0.717, 1.165) is 76.0 Å². The van der Waals surface area contributed by atoms with Gasteiger partial charge >= 0.3 is 0 Å². The van der Waals surface area contributed by atoms with Crippen molar-refractivity contribution in [1.29, 1.82) is 0 Å². The minimum atomic E-state index is 0.619. The normalized spacial score (nSPS) is 11.4. The van der Waals surface area contributed by atoms with Crippen LogP contribution in [0.1, 0.15) is 0 Å². The Bertz CT molecular complexity index is 2910. The standard InChI is InChI=1S/C45H27N7S/c1-3-9-28(10-4-1)29-17-23-34(24-18-29)43-47-42(33-11-5-2-6-12-33)48-44(49-43)35-25-19-31(20-26-35)30-15-21-32(22-16-30)39-41-40(51-52-50-39)37-27-36-13-7-8-14-38(36)46-45(37)53-41/h1-27H. The number of nitrogens with zero attached hydrogens (tertiary/aromatic N) is 7. The van der Waals surface area contributed by atoms with Crippen molar-refractivity contribution in [1.82, 2.24) is 35.3 Å². The Morgan fingerprint density at radius 2 is 0.830 bits per heavy atom. The van der Waals surface area contributed by atoms with Crippen molar-refractivity contribution in [3.05, 3.63) is 164 Å². The summed E-state index contributed by atoms with van der Waals surface area (Å²) in [4.78, 5) is 20.6. The molecule has 8 heteroatoms. The molecule has 0 N–H and O–H groups in total. The molecule has 0 amide bonds. The van der Waals surface area contributed by atoms with Crippen molar-refractivity contribution >= 4 is 42.7 Å². The second kappa shape index (κ2) is 12.9. The van der Waals surface area contributed by atoms with E-state index in [1.165, 1.54) is 5.56 Å². The lowest BCUT2D eigenvalue weighted by molar-refractivity contribution is 0.904. The third kappa shape index (κ3) is 5.77. The number of para-hydroxylation sites is 1. The van der Waals surface area contributed by atoms with Gasteiger partial charge in [-0.05, 0) is 39.6 Å². The van der Waals surface area contributed by atoms with Crippen LogP contribution in [0.5, 0.6) is 0 Å². The molecular weight excluding hydrogens is 671 g/mol. The zero-order valence-electron chi connectivity index (χ0n) is 28.1. The first-order chi connectivity index (χ1) is 26.2. The van der Waals surface area contributed by atoms with Crippen molar-refractivity contribution in [3.8, 4) is 67.7 Å². The van der Waals surface area contributed by atoms with Gasteiger partial charge in [0.1, 0.15) is 16.0 Å². The molecule has 4 heterocycles. The van der Waals surface area contributed by atoms with Gasteiger partial charge in [0, 0.05) is 33.0 Å². The summed E-state index contributed by atoms with van der Waals surface area (Å²) in [5, 5.41) is 15.1. The second-order valence-corrected chi connectivity index (χ2v) is 13.7. The van der Waals surface area contributed by atoms with Gasteiger partial charge in [-0.15, -0.1) is 21.5 Å². The SMILES string of the molecule is c1ccc(-c2ccc(-c3nc(-c4ccccc4)nc(-c4ccc(-c5ccc(-c6nnnc7c6sc6nc8ccccc8cc67)cc5)cc4)n3)cc2)cc1. The lowest BCUT2D eigenvalue weighted by Crippen LogP contribution is -2.00. The predicted molar refractivity (Wildman–Crippen MR) is 214 cm³/mol. The van der Waals surface area contributed by atoms with Crippen molar-refractivity contribution < 1.29 is 0 Å². The molecule has 0 unspecified atom stereocenters. The Morgan fingerprint density at radius 3 is 1.42 bits per heavy atom. The fourth-order valence-electron chi connectivity index (χ4n) is 6.64. The average molecular weight is 698 g/mol. The smallest absolute Gasteiger partial charge is 0.164 e. The number of benzene rings is 6. The Labute approximate surface area is 308 Å². The Kier molecular flexibility index (Phi) is 7.51. The highest BCUT2D eigenvalue weighted by atomic mass is 32.1. The maximum absolute atomic E-state index is 4.96. The summed E-state index contributed by atoms with van der Waals surface area (Å²) in [7, 11) is 0. The highest BCUT2D eigenvalue weighted by Crippen LogP contribution is 2.38. The van der Waals surface area contributed by atoms with Crippen LogP contribution >= 0.6 is 11.3 Å². The van der Waals surface area contributed by atoms with Crippen LogP contribution in [-0.2, 0) is 0 Å².